The molecule has 2 rings (SSSR count). The summed E-state index contributed by atoms with van der Waals surface area (Å²) in [4.78, 5) is 18.7. The number of pyridine rings is 1. The van der Waals surface area contributed by atoms with E-state index in [0.717, 1.165) is 30.9 Å². The Labute approximate surface area is 120 Å². The Morgan fingerprint density at radius 3 is 2.95 bits per heavy atom. The maximum Gasteiger partial charge on any atom is 0.225 e. The summed E-state index contributed by atoms with van der Waals surface area (Å²) in [6.07, 6.45) is 2.62. The van der Waals surface area contributed by atoms with E-state index in [2.05, 4.69) is 29.0 Å². The van der Waals surface area contributed by atoms with Gasteiger partial charge >= 0.3 is 0 Å². The van der Waals surface area contributed by atoms with Crippen molar-refractivity contribution < 1.29 is 9.53 Å². The first kappa shape index (κ1) is 14.8. The highest BCUT2D eigenvalue weighted by atomic mass is 16.5. The number of nitrogens with one attached hydrogen (secondary N) is 1. The zero-order valence-electron chi connectivity index (χ0n) is 12.3. The summed E-state index contributed by atoms with van der Waals surface area (Å²) in [5, 5.41) is 3.00. The molecule has 1 amide bonds. The summed E-state index contributed by atoms with van der Waals surface area (Å²) in [5.74, 6) is 1.04. The molecule has 5 heteroatoms. The molecule has 1 atom stereocenters. The van der Waals surface area contributed by atoms with Gasteiger partial charge in [-0.2, -0.15) is 0 Å². The lowest BCUT2D eigenvalue weighted by Gasteiger charge is -2.22. The summed E-state index contributed by atoms with van der Waals surface area (Å²) < 4.78 is 5.25. The average molecular weight is 277 g/mol. The minimum atomic E-state index is 0.00331. The number of amides is 1. The van der Waals surface area contributed by atoms with E-state index in [0.29, 0.717) is 19.8 Å². The van der Waals surface area contributed by atoms with Gasteiger partial charge in [-0.05, 0) is 26.3 Å². The van der Waals surface area contributed by atoms with Gasteiger partial charge in [-0.25, -0.2) is 4.98 Å². The quantitative estimate of drug-likeness (QED) is 0.858. The number of ether oxygens (including phenoxy) is 1. The normalized spacial score (nSPS) is 18.0. The number of anilines is 1. The van der Waals surface area contributed by atoms with Crippen LogP contribution >= 0.6 is 0 Å². The Kier molecular flexibility index (Phi) is 5.35. The zero-order valence-corrected chi connectivity index (χ0v) is 12.3. The fourth-order valence-electron chi connectivity index (χ4n) is 2.44. The number of rotatable bonds is 6. The zero-order chi connectivity index (χ0) is 14.4. The Morgan fingerprint density at radius 2 is 2.30 bits per heavy atom. The lowest BCUT2D eigenvalue weighted by Crippen LogP contribution is -2.32. The maximum atomic E-state index is 12.0. The molecule has 20 heavy (non-hydrogen) atoms. The van der Waals surface area contributed by atoms with Gasteiger partial charge < -0.3 is 15.0 Å². The number of carbonyl (C=O) groups is 1. The number of hydrogen-bond donors (Lipinski definition) is 1. The van der Waals surface area contributed by atoms with Crippen LogP contribution in [0.4, 0.5) is 5.82 Å². The highest BCUT2D eigenvalue weighted by Gasteiger charge is 2.23. The van der Waals surface area contributed by atoms with E-state index >= 15 is 0 Å². The predicted molar refractivity (Wildman–Crippen MR) is 78.6 cm³/mol. The van der Waals surface area contributed by atoms with Crippen molar-refractivity contribution in [3.63, 3.8) is 0 Å². The first-order chi connectivity index (χ1) is 9.76. The second-order valence-corrected chi connectivity index (χ2v) is 4.94. The van der Waals surface area contributed by atoms with Gasteiger partial charge in [-0.1, -0.05) is 6.07 Å². The van der Waals surface area contributed by atoms with Crippen molar-refractivity contribution in [2.45, 2.75) is 26.8 Å². The summed E-state index contributed by atoms with van der Waals surface area (Å²) in [6, 6.07) is 3.93. The lowest BCUT2D eigenvalue weighted by molar-refractivity contribution is -0.125. The summed E-state index contributed by atoms with van der Waals surface area (Å²) in [5.41, 5.74) is 1.06. The summed E-state index contributed by atoms with van der Waals surface area (Å²) in [7, 11) is 0. The van der Waals surface area contributed by atoms with Crippen molar-refractivity contribution in [2.75, 3.05) is 31.2 Å². The van der Waals surface area contributed by atoms with E-state index in [1.54, 1.807) is 6.20 Å². The van der Waals surface area contributed by atoms with Crippen LogP contribution in [0.15, 0.2) is 18.3 Å². The van der Waals surface area contributed by atoms with Gasteiger partial charge in [0.05, 0.1) is 12.5 Å². The Balaban J connectivity index is 2.00. The predicted octanol–water partition coefficient (Wildman–Crippen LogP) is 1.58. The van der Waals surface area contributed by atoms with Crippen molar-refractivity contribution in [3.05, 3.63) is 23.9 Å². The van der Waals surface area contributed by atoms with Gasteiger partial charge in [-0.3, -0.25) is 4.79 Å². The monoisotopic (exact) mass is 277 g/mol. The molecule has 0 aliphatic carbocycles. The molecule has 1 aromatic heterocycles. The minimum absolute atomic E-state index is 0.00331. The van der Waals surface area contributed by atoms with Crippen LogP contribution in [0, 0.1) is 5.92 Å². The molecule has 0 spiro atoms. The van der Waals surface area contributed by atoms with Crippen LogP contribution in [-0.4, -0.2) is 37.2 Å². The highest BCUT2D eigenvalue weighted by Crippen LogP contribution is 2.17. The highest BCUT2D eigenvalue weighted by molar-refractivity contribution is 5.79. The standard InChI is InChI=1S/C15H23N3O2/c1-3-18(4-2)14-12(6-5-8-16-14)10-17-15(19)13-7-9-20-11-13/h5-6,8,13H,3-4,7,9-11H2,1-2H3,(H,17,19)/t13-/m1/s1. The molecule has 1 aliphatic heterocycles. The third-order valence-electron chi connectivity index (χ3n) is 3.68. The first-order valence-corrected chi connectivity index (χ1v) is 7.30. The van der Waals surface area contributed by atoms with Crippen LogP contribution in [0.2, 0.25) is 0 Å². The SMILES string of the molecule is CCN(CC)c1ncccc1CNC(=O)[C@@H]1CCOC1. The van der Waals surface area contributed by atoms with Crippen LogP contribution < -0.4 is 10.2 Å². The molecule has 0 aromatic carbocycles. The van der Waals surface area contributed by atoms with Gasteiger partial charge in [0.15, 0.2) is 0 Å². The topological polar surface area (TPSA) is 54.5 Å². The maximum absolute atomic E-state index is 12.0. The second-order valence-electron chi connectivity index (χ2n) is 4.94. The van der Waals surface area contributed by atoms with Crippen molar-refractivity contribution in [1.29, 1.82) is 0 Å². The fraction of sp³-hybridized carbons (Fsp3) is 0.600. The first-order valence-electron chi connectivity index (χ1n) is 7.30. The molecule has 2 heterocycles. The summed E-state index contributed by atoms with van der Waals surface area (Å²) in [6.45, 7) is 7.79. The molecule has 0 saturated carbocycles. The van der Waals surface area contributed by atoms with E-state index in [1.807, 2.05) is 12.1 Å². The molecule has 0 unspecified atom stereocenters. The molecule has 1 aromatic rings. The van der Waals surface area contributed by atoms with Gasteiger partial charge in [0.1, 0.15) is 5.82 Å². The third-order valence-corrected chi connectivity index (χ3v) is 3.68. The van der Waals surface area contributed by atoms with Gasteiger partial charge in [-0.15, -0.1) is 0 Å². The molecule has 1 saturated heterocycles. The van der Waals surface area contributed by atoms with Crippen LogP contribution in [0.3, 0.4) is 0 Å². The number of nitrogens with zero attached hydrogens (tertiary/aromatic N) is 2. The molecule has 1 N–H and O–H groups in total. The van der Waals surface area contributed by atoms with E-state index < -0.39 is 0 Å². The molecular formula is C15H23N3O2. The smallest absolute Gasteiger partial charge is 0.225 e. The number of hydrogen-bond acceptors (Lipinski definition) is 4. The molecule has 1 aliphatic rings. The number of aromatic nitrogens is 1. The molecule has 1 fully saturated rings. The third kappa shape index (κ3) is 3.48. The second kappa shape index (κ2) is 7.24. The van der Waals surface area contributed by atoms with Gasteiger partial charge in [0.25, 0.3) is 0 Å². The van der Waals surface area contributed by atoms with E-state index in [-0.39, 0.29) is 11.8 Å². The van der Waals surface area contributed by atoms with E-state index in [4.69, 9.17) is 4.74 Å². The Morgan fingerprint density at radius 1 is 1.50 bits per heavy atom. The van der Waals surface area contributed by atoms with Gasteiger partial charge in [0, 0.05) is 38.0 Å². The molecule has 5 nitrogen and oxygen atoms in total. The lowest BCUT2D eigenvalue weighted by atomic mass is 10.1. The molecular weight excluding hydrogens is 254 g/mol. The van der Waals surface area contributed by atoms with Crippen molar-refractivity contribution in [1.82, 2.24) is 10.3 Å². The average Bonchev–Trinajstić information content (AvgIpc) is 3.01. The van der Waals surface area contributed by atoms with Crippen molar-refractivity contribution in [3.8, 4) is 0 Å². The van der Waals surface area contributed by atoms with E-state index in [9.17, 15) is 4.79 Å². The van der Waals surface area contributed by atoms with Crippen LogP contribution in [0.1, 0.15) is 25.8 Å². The van der Waals surface area contributed by atoms with Crippen LogP contribution in [0.5, 0.6) is 0 Å². The van der Waals surface area contributed by atoms with Crippen LogP contribution in [-0.2, 0) is 16.1 Å². The molecule has 0 radical (unpaired) electrons. The van der Waals surface area contributed by atoms with Crippen molar-refractivity contribution in [2.24, 2.45) is 5.92 Å². The Hall–Kier alpha value is -1.62. The summed E-state index contributed by atoms with van der Waals surface area (Å²) >= 11 is 0. The largest absolute Gasteiger partial charge is 0.381 e. The minimum Gasteiger partial charge on any atom is -0.381 e. The molecule has 0 bridgehead atoms. The fourth-order valence-corrected chi connectivity index (χ4v) is 2.44. The van der Waals surface area contributed by atoms with Gasteiger partial charge in [0.2, 0.25) is 5.91 Å². The number of carbonyl (C=O) groups excluding carboxylic acids is 1. The van der Waals surface area contributed by atoms with Crippen LogP contribution in [0.25, 0.3) is 0 Å². The van der Waals surface area contributed by atoms with E-state index in [1.165, 1.54) is 0 Å². The van der Waals surface area contributed by atoms with Crippen molar-refractivity contribution >= 4 is 11.7 Å². The Bertz CT molecular complexity index is 440. The molecule has 110 valence electrons.